The molecule has 196 valence electrons. The third kappa shape index (κ3) is 3.21. The van der Waals surface area contributed by atoms with Gasteiger partial charge in [-0.1, -0.05) is 6.92 Å². The fourth-order valence-corrected chi connectivity index (χ4v) is 5.39. The van der Waals surface area contributed by atoms with E-state index < -0.39 is 47.8 Å². The fourth-order valence-electron chi connectivity index (χ4n) is 5.39. The molecule has 3 aliphatic heterocycles. The number of nitrogens with one attached hydrogen (secondary N) is 1. The number of carbonyl (C=O) groups is 2. The van der Waals surface area contributed by atoms with E-state index >= 15 is 0 Å². The van der Waals surface area contributed by atoms with Crippen molar-refractivity contribution in [3.8, 4) is 22.9 Å². The number of cyclic esters (lactones) is 1. The number of esters is 1. The molecule has 0 saturated heterocycles. The molecule has 2 atom stereocenters. The zero-order chi connectivity index (χ0) is 29.9. The zero-order valence-corrected chi connectivity index (χ0v) is 20.2. The number of hydrogen-bond donors (Lipinski definition) is 3. The minimum atomic E-state index is -2.35. The number of benzene rings is 1. The fraction of sp³-hybridized carbons (Fsp3) is 0.407. The maximum Gasteiger partial charge on any atom is 0.343 e. The molecule has 0 spiro atoms. The molecule has 11 heteroatoms. The first-order chi connectivity index (χ1) is 19.8. The Balaban J connectivity index is 1.34. The van der Waals surface area contributed by atoms with Gasteiger partial charge in [0, 0.05) is 34.6 Å². The molecule has 5 heterocycles. The molecule has 3 aromatic rings. The molecule has 3 N–H and O–H groups in total. The number of hydrogen-bond acceptors (Lipinski definition) is 9. The van der Waals surface area contributed by atoms with Crippen LogP contribution in [0.25, 0.3) is 22.3 Å². The van der Waals surface area contributed by atoms with E-state index in [1.165, 1.54) is 4.57 Å². The van der Waals surface area contributed by atoms with Crippen molar-refractivity contribution < 1.29 is 39.5 Å². The number of aliphatic hydroxyl groups excluding tert-OH is 1. The maximum atomic E-state index is 13.6. The number of fused-ring (bicyclic) bond motifs is 6. The highest BCUT2D eigenvalue weighted by Crippen LogP contribution is 2.43. The summed E-state index contributed by atoms with van der Waals surface area (Å²) in [5.41, 5.74) is 0.160. The molecular formula is C27H25N3O8. The van der Waals surface area contributed by atoms with Gasteiger partial charge in [-0.15, -0.1) is 0 Å². The van der Waals surface area contributed by atoms with E-state index in [0.29, 0.717) is 44.9 Å². The van der Waals surface area contributed by atoms with Crippen molar-refractivity contribution in [2.45, 2.75) is 57.5 Å². The summed E-state index contributed by atoms with van der Waals surface area (Å²) < 4.78 is 48.7. The molecule has 1 aliphatic carbocycles. The lowest BCUT2D eigenvalue weighted by atomic mass is 9.86. The lowest BCUT2D eigenvalue weighted by molar-refractivity contribution is -0.172. The van der Waals surface area contributed by atoms with Crippen LogP contribution in [0.5, 0.6) is 11.5 Å². The van der Waals surface area contributed by atoms with E-state index in [9.17, 15) is 24.6 Å². The van der Waals surface area contributed by atoms with Crippen LogP contribution in [-0.2, 0) is 39.6 Å². The van der Waals surface area contributed by atoms with E-state index in [1.807, 2.05) is 0 Å². The average molecular weight is 524 g/mol. The molecule has 1 amide bonds. The Labute approximate surface area is 221 Å². The molecule has 38 heavy (non-hydrogen) atoms. The molecule has 1 fully saturated rings. The highest BCUT2D eigenvalue weighted by atomic mass is 16.7. The lowest BCUT2D eigenvalue weighted by Crippen LogP contribution is -2.44. The Hall–Kier alpha value is -3.96. The van der Waals surface area contributed by atoms with E-state index in [2.05, 4.69) is 5.32 Å². The summed E-state index contributed by atoms with van der Waals surface area (Å²) in [5, 5.41) is 24.8. The largest absolute Gasteiger partial charge is 0.458 e. The Morgan fingerprint density at radius 1 is 1.24 bits per heavy atom. The van der Waals surface area contributed by atoms with Crippen molar-refractivity contribution >= 4 is 22.8 Å². The first kappa shape index (κ1) is 19.2. The van der Waals surface area contributed by atoms with Gasteiger partial charge >= 0.3 is 5.97 Å². The Kier molecular flexibility index (Phi) is 4.04. The van der Waals surface area contributed by atoms with Gasteiger partial charge in [0.2, 0.25) is 12.7 Å². The molecule has 0 radical (unpaired) electrons. The van der Waals surface area contributed by atoms with Crippen molar-refractivity contribution in [2.24, 2.45) is 5.92 Å². The molecule has 7 rings (SSSR count). The van der Waals surface area contributed by atoms with Crippen LogP contribution in [0.1, 0.15) is 53.8 Å². The van der Waals surface area contributed by atoms with E-state index in [1.54, 1.807) is 25.1 Å². The monoisotopic (exact) mass is 523 g/mol. The van der Waals surface area contributed by atoms with E-state index in [-0.39, 0.29) is 44.0 Å². The number of aliphatic hydroxyl groups is 2. The molecule has 4 aliphatic rings. The van der Waals surface area contributed by atoms with Crippen LogP contribution in [0.2, 0.25) is 0 Å². The van der Waals surface area contributed by atoms with Crippen molar-refractivity contribution in [3.63, 3.8) is 0 Å². The Morgan fingerprint density at radius 2 is 2.00 bits per heavy atom. The molecule has 2 aromatic heterocycles. The SMILES string of the molecule is [2H]C1([2H])C(C(O)C(=O)NCc2c3c(nc4cc5c(cc24)OCO5)-c2cc4c(c(=O)n2C3)COC(=O)[C@]4(O)CC)C1([2H])[2H]. The topological polar surface area (TPSA) is 149 Å². The molecule has 0 bridgehead atoms. The summed E-state index contributed by atoms with van der Waals surface area (Å²) in [7, 11) is 0. The van der Waals surface area contributed by atoms with Crippen LogP contribution in [0.4, 0.5) is 0 Å². The van der Waals surface area contributed by atoms with Gasteiger partial charge in [0.15, 0.2) is 17.1 Å². The summed E-state index contributed by atoms with van der Waals surface area (Å²) in [5.74, 6) is -2.41. The highest BCUT2D eigenvalue weighted by molar-refractivity contribution is 5.92. The third-order valence-corrected chi connectivity index (χ3v) is 7.63. The molecule has 1 unspecified atom stereocenters. The van der Waals surface area contributed by atoms with Gasteiger partial charge in [0.25, 0.3) is 5.56 Å². The van der Waals surface area contributed by atoms with Crippen LogP contribution in [0.15, 0.2) is 23.0 Å². The number of rotatable bonds is 5. The minimum absolute atomic E-state index is 0.00504. The van der Waals surface area contributed by atoms with Crippen LogP contribution < -0.4 is 20.3 Å². The second-order valence-electron chi connectivity index (χ2n) is 9.67. The van der Waals surface area contributed by atoms with Crippen LogP contribution >= 0.6 is 0 Å². The maximum absolute atomic E-state index is 13.6. The van der Waals surface area contributed by atoms with Crippen molar-refractivity contribution in [1.29, 1.82) is 0 Å². The van der Waals surface area contributed by atoms with Gasteiger partial charge in [-0.3, -0.25) is 9.59 Å². The van der Waals surface area contributed by atoms with Crippen LogP contribution in [0.3, 0.4) is 0 Å². The van der Waals surface area contributed by atoms with Crippen LogP contribution in [-0.4, -0.2) is 44.5 Å². The quantitative estimate of drug-likeness (QED) is 0.328. The summed E-state index contributed by atoms with van der Waals surface area (Å²) in [6.07, 6.45) is -6.63. The molecule has 11 nitrogen and oxygen atoms in total. The number of ether oxygens (including phenoxy) is 3. The first-order valence-corrected chi connectivity index (χ1v) is 12.2. The predicted molar refractivity (Wildman–Crippen MR) is 131 cm³/mol. The van der Waals surface area contributed by atoms with Gasteiger partial charge in [-0.2, -0.15) is 0 Å². The molecule has 1 aromatic carbocycles. The Bertz CT molecular complexity index is 1790. The zero-order valence-electron chi connectivity index (χ0n) is 24.2. The second kappa shape index (κ2) is 8.02. The van der Waals surface area contributed by atoms with Gasteiger partial charge in [0.1, 0.15) is 12.7 Å². The third-order valence-electron chi connectivity index (χ3n) is 7.63. The van der Waals surface area contributed by atoms with E-state index in [4.69, 9.17) is 24.7 Å². The normalized spacial score (nSPS) is 25.7. The highest BCUT2D eigenvalue weighted by Gasteiger charge is 2.45. The van der Waals surface area contributed by atoms with Crippen LogP contribution in [0, 0.1) is 5.92 Å². The number of amides is 1. The summed E-state index contributed by atoms with van der Waals surface area (Å²) in [4.78, 5) is 43.8. The van der Waals surface area contributed by atoms with Gasteiger partial charge in [-0.05, 0) is 42.8 Å². The minimum Gasteiger partial charge on any atom is -0.458 e. The number of nitrogens with zero attached hydrogens (tertiary/aromatic N) is 2. The van der Waals surface area contributed by atoms with E-state index in [0.717, 1.165) is 0 Å². The average Bonchev–Trinajstić information content (AvgIpc) is 3.35. The predicted octanol–water partition coefficient (Wildman–Crippen LogP) is 1.20. The Morgan fingerprint density at radius 3 is 2.74 bits per heavy atom. The smallest absolute Gasteiger partial charge is 0.343 e. The number of pyridine rings is 2. The van der Waals surface area contributed by atoms with Crippen molar-refractivity contribution in [1.82, 2.24) is 14.9 Å². The summed E-state index contributed by atoms with van der Waals surface area (Å²) >= 11 is 0. The number of carbonyl (C=O) groups excluding carboxylic acids is 2. The van der Waals surface area contributed by atoms with Gasteiger partial charge in [-0.25, -0.2) is 9.78 Å². The molecular weight excluding hydrogens is 494 g/mol. The molecule has 1 saturated carbocycles. The summed E-state index contributed by atoms with van der Waals surface area (Å²) in [6.45, 7) is 1.21. The standard InChI is InChI=1S/C27H25N3O8/c1-2-27(35)17-6-19-22-15(9-30(19)25(33)16(17)10-36-26(27)34)14(8-28-24(32)23(31)12-3-4-12)13-5-20-21(38-11-37-20)7-18(13)29-22/h5-7,12,23,31,35H,2-4,8-11H2,1H3,(H,28,32)/t23?,27-/m0/s1/i3D2,4D2. The van der Waals surface area contributed by atoms with Crippen molar-refractivity contribution in [3.05, 3.63) is 50.8 Å². The van der Waals surface area contributed by atoms with Gasteiger partial charge < -0.3 is 34.3 Å². The lowest BCUT2D eigenvalue weighted by Gasteiger charge is -2.31. The van der Waals surface area contributed by atoms with Gasteiger partial charge in [0.05, 0.1) is 29.0 Å². The second-order valence-corrected chi connectivity index (χ2v) is 9.67. The van der Waals surface area contributed by atoms with Crippen molar-refractivity contribution in [2.75, 3.05) is 6.79 Å². The first-order valence-electron chi connectivity index (χ1n) is 14.2. The number of aromatic nitrogens is 2. The summed E-state index contributed by atoms with van der Waals surface area (Å²) in [6, 6.07) is 4.92.